The molecular weight excluding hydrogens is 441 g/mol. The van der Waals surface area contributed by atoms with E-state index in [4.69, 9.17) is 4.74 Å². The number of likely N-dealkylation sites (tertiary alicyclic amines) is 1. The molecule has 1 saturated heterocycles. The molecule has 0 spiro atoms. The monoisotopic (exact) mass is 465 g/mol. The van der Waals surface area contributed by atoms with Gasteiger partial charge in [-0.1, -0.05) is 6.07 Å². The van der Waals surface area contributed by atoms with E-state index in [1.807, 2.05) is 45.0 Å². The number of anilines is 2. The third-order valence-corrected chi connectivity index (χ3v) is 6.50. The number of aromatic nitrogens is 3. The van der Waals surface area contributed by atoms with Crippen LogP contribution in [0.5, 0.6) is 0 Å². The highest BCUT2D eigenvalue weighted by Crippen LogP contribution is 2.34. The summed E-state index contributed by atoms with van der Waals surface area (Å²) in [5.74, 6) is 0.369. The van der Waals surface area contributed by atoms with Crippen molar-refractivity contribution in [3.8, 4) is 0 Å². The molecule has 1 amide bonds. The van der Waals surface area contributed by atoms with Gasteiger partial charge in [0.25, 0.3) is 0 Å². The van der Waals surface area contributed by atoms with Gasteiger partial charge < -0.3 is 15.0 Å². The molecule has 1 N–H and O–H groups in total. The maximum absolute atomic E-state index is 15.0. The van der Waals surface area contributed by atoms with E-state index >= 15 is 0 Å². The van der Waals surface area contributed by atoms with Crippen LogP contribution in [0.4, 0.5) is 20.7 Å². The fourth-order valence-electron chi connectivity index (χ4n) is 4.08. The summed E-state index contributed by atoms with van der Waals surface area (Å²) >= 11 is 1.13. The van der Waals surface area contributed by atoms with Gasteiger partial charge in [-0.15, -0.1) is 0 Å². The number of hydrogen-bond donors (Lipinski definition) is 1. The molecule has 1 fully saturated rings. The van der Waals surface area contributed by atoms with E-state index in [-0.39, 0.29) is 17.8 Å². The number of fused-ring (bicyclic) bond motifs is 2. The van der Waals surface area contributed by atoms with Gasteiger partial charge in [-0.05, 0) is 68.6 Å². The Morgan fingerprint density at radius 2 is 2.09 bits per heavy atom. The Bertz CT molecular complexity index is 1350. The zero-order chi connectivity index (χ0) is 23.2. The minimum atomic E-state index is -0.520. The first-order valence-electron chi connectivity index (χ1n) is 10.8. The van der Waals surface area contributed by atoms with E-state index in [0.717, 1.165) is 39.8 Å². The van der Waals surface area contributed by atoms with Gasteiger partial charge in [-0.3, -0.25) is 0 Å². The smallest absolute Gasteiger partial charge is 0.410 e. The third kappa shape index (κ3) is 4.32. The van der Waals surface area contributed by atoms with Crippen molar-refractivity contribution >= 4 is 50.1 Å². The van der Waals surface area contributed by atoms with Crippen molar-refractivity contribution in [1.82, 2.24) is 19.2 Å². The highest BCUT2D eigenvalue weighted by Gasteiger charge is 2.30. The lowest BCUT2D eigenvalue weighted by Gasteiger charge is -2.24. The second kappa shape index (κ2) is 8.22. The molecule has 0 bridgehead atoms. The number of nitrogens with zero attached hydrogens (tertiary/aromatic N) is 4. The average Bonchev–Trinajstić information content (AvgIpc) is 3.45. The molecular formula is C24H24FN5O2S. The lowest BCUT2D eigenvalue weighted by molar-refractivity contribution is 0.0292. The molecule has 0 radical (unpaired) electrons. The Morgan fingerprint density at radius 1 is 1.24 bits per heavy atom. The van der Waals surface area contributed by atoms with Gasteiger partial charge in [0.15, 0.2) is 5.82 Å². The Hall–Kier alpha value is -3.33. The van der Waals surface area contributed by atoms with E-state index in [2.05, 4.69) is 19.7 Å². The number of carbonyl (C=O) groups excluding carboxylic acids is 1. The third-order valence-electron chi connectivity index (χ3n) is 5.69. The van der Waals surface area contributed by atoms with Crippen molar-refractivity contribution in [1.29, 1.82) is 0 Å². The molecule has 2 aromatic carbocycles. The predicted molar refractivity (Wildman–Crippen MR) is 128 cm³/mol. The number of amides is 1. The van der Waals surface area contributed by atoms with E-state index in [1.54, 1.807) is 17.2 Å². The molecule has 1 aliphatic heterocycles. The van der Waals surface area contributed by atoms with E-state index in [0.29, 0.717) is 29.3 Å². The van der Waals surface area contributed by atoms with Gasteiger partial charge in [0.2, 0.25) is 0 Å². The molecule has 1 atom stereocenters. The topological polar surface area (TPSA) is 80.2 Å². The van der Waals surface area contributed by atoms with Crippen LogP contribution in [0.3, 0.4) is 0 Å². The summed E-state index contributed by atoms with van der Waals surface area (Å²) in [5.41, 5.74) is 1.67. The van der Waals surface area contributed by atoms with Crippen LogP contribution >= 0.6 is 11.5 Å². The largest absolute Gasteiger partial charge is 0.444 e. The van der Waals surface area contributed by atoms with Crippen molar-refractivity contribution in [3.05, 3.63) is 54.2 Å². The number of nitrogens with one attached hydrogen (secondary N) is 1. The van der Waals surface area contributed by atoms with Gasteiger partial charge in [-0.25, -0.2) is 19.2 Å². The van der Waals surface area contributed by atoms with Crippen molar-refractivity contribution in [2.24, 2.45) is 0 Å². The Balaban J connectivity index is 1.42. The first-order chi connectivity index (χ1) is 15.8. The van der Waals surface area contributed by atoms with Crippen molar-refractivity contribution < 1.29 is 13.9 Å². The minimum Gasteiger partial charge on any atom is -0.444 e. The van der Waals surface area contributed by atoms with Crippen LogP contribution in [-0.4, -0.2) is 44.0 Å². The number of rotatable bonds is 3. The van der Waals surface area contributed by atoms with E-state index < -0.39 is 5.60 Å². The summed E-state index contributed by atoms with van der Waals surface area (Å²) < 4.78 is 25.1. The van der Waals surface area contributed by atoms with Crippen LogP contribution < -0.4 is 5.32 Å². The molecule has 5 rings (SSSR count). The molecule has 3 heterocycles. The molecule has 0 saturated carbocycles. The number of halogens is 1. The van der Waals surface area contributed by atoms with Crippen LogP contribution in [0.2, 0.25) is 0 Å². The molecule has 7 nitrogen and oxygen atoms in total. The lowest BCUT2D eigenvalue weighted by Crippen LogP contribution is -2.35. The quantitative estimate of drug-likeness (QED) is 0.409. The summed E-state index contributed by atoms with van der Waals surface area (Å²) in [4.78, 5) is 22.9. The predicted octanol–water partition coefficient (Wildman–Crippen LogP) is 5.85. The first kappa shape index (κ1) is 21.5. The van der Waals surface area contributed by atoms with Crippen molar-refractivity contribution in [3.63, 3.8) is 0 Å². The summed E-state index contributed by atoms with van der Waals surface area (Å²) in [7, 11) is 0. The highest BCUT2D eigenvalue weighted by atomic mass is 32.1. The maximum atomic E-state index is 15.0. The molecule has 33 heavy (non-hydrogen) atoms. The second-order valence-electron chi connectivity index (χ2n) is 9.21. The van der Waals surface area contributed by atoms with E-state index in [9.17, 15) is 9.18 Å². The van der Waals surface area contributed by atoms with Crippen molar-refractivity contribution in [2.75, 3.05) is 18.4 Å². The molecule has 2 aromatic heterocycles. The summed E-state index contributed by atoms with van der Waals surface area (Å²) in [5, 5.41) is 4.71. The first-order valence-corrected chi connectivity index (χ1v) is 11.6. The van der Waals surface area contributed by atoms with Gasteiger partial charge >= 0.3 is 6.09 Å². The van der Waals surface area contributed by atoms with Gasteiger partial charge in [-0.2, -0.15) is 4.37 Å². The molecule has 1 aliphatic rings. The van der Waals surface area contributed by atoms with Crippen LogP contribution in [-0.2, 0) is 4.74 Å². The normalized spacial score (nSPS) is 16.5. The standard InChI is InChI=1S/C24H24FN5O2S/c1-24(2,3)32-23(31)30-9-8-16(12-30)14-4-6-18-17(10-14)22(27-13-26-18)29-19-7-5-15-11-28-33-21(15)20(19)25/h4-7,10-11,13,16H,8-9,12H2,1-3H3,(H,26,27,29)/t16-/m0/s1. The molecule has 170 valence electrons. The fourth-order valence-corrected chi connectivity index (χ4v) is 4.77. The second-order valence-corrected chi connectivity index (χ2v) is 10.0. The zero-order valence-electron chi connectivity index (χ0n) is 18.6. The Labute approximate surface area is 194 Å². The highest BCUT2D eigenvalue weighted by molar-refractivity contribution is 7.13. The molecule has 9 heteroatoms. The molecule has 0 aliphatic carbocycles. The number of hydrogen-bond acceptors (Lipinski definition) is 7. The zero-order valence-corrected chi connectivity index (χ0v) is 19.4. The van der Waals surface area contributed by atoms with Crippen LogP contribution in [0.25, 0.3) is 21.0 Å². The average molecular weight is 466 g/mol. The number of ether oxygens (including phenoxy) is 1. The molecule has 0 unspecified atom stereocenters. The lowest BCUT2D eigenvalue weighted by atomic mass is 9.97. The maximum Gasteiger partial charge on any atom is 0.410 e. The Morgan fingerprint density at radius 3 is 2.91 bits per heavy atom. The van der Waals surface area contributed by atoms with Gasteiger partial charge in [0.1, 0.15) is 17.7 Å². The van der Waals surface area contributed by atoms with E-state index in [1.165, 1.54) is 6.33 Å². The number of carbonyl (C=O) groups is 1. The van der Waals surface area contributed by atoms with Crippen LogP contribution in [0, 0.1) is 5.82 Å². The van der Waals surface area contributed by atoms with Crippen LogP contribution in [0.15, 0.2) is 42.9 Å². The summed E-state index contributed by atoms with van der Waals surface area (Å²) in [6, 6.07) is 9.54. The Kier molecular flexibility index (Phi) is 5.36. The molecule has 4 aromatic rings. The fraction of sp³-hybridized carbons (Fsp3) is 0.333. The summed E-state index contributed by atoms with van der Waals surface area (Å²) in [6.45, 7) is 6.84. The van der Waals surface area contributed by atoms with Crippen molar-refractivity contribution in [2.45, 2.75) is 38.7 Å². The van der Waals surface area contributed by atoms with Gasteiger partial charge in [0, 0.05) is 36.0 Å². The summed E-state index contributed by atoms with van der Waals surface area (Å²) in [6.07, 6.45) is 3.68. The minimum absolute atomic E-state index is 0.181. The SMILES string of the molecule is CC(C)(C)OC(=O)N1CC[C@H](c2ccc3ncnc(Nc4ccc5cnsc5c4F)c3c2)C1. The number of benzene rings is 2. The van der Waals surface area contributed by atoms with Gasteiger partial charge in [0.05, 0.1) is 15.9 Å². The van der Waals surface area contributed by atoms with Crippen LogP contribution in [0.1, 0.15) is 38.7 Å².